The van der Waals surface area contributed by atoms with Crippen LogP contribution in [0.15, 0.2) is 30.3 Å². The lowest BCUT2D eigenvalue weighted by Gasteiger charge is -2.20. The van der Waals surface area contributed by atoms with Crippen LogP contribution in [0, 0.1) is 0 Å². The summed E-state index contributed by atoms with van der Waals surface area (Å²) in [5.74, 6) is -0.152. The Bertz CT molecular complexity index is 858. The number of carbonyl (C=O) groups excluding carboxylic acids is 1. The van der Waals surface area contributed by atoms with Gasteiger partial charge < -0.3 is 4.90 Å². The first-order valence-electron chi connectivity index (χ1n) is 7.87. The number of rotatable bonds is 6. The Balaban J connectivity index is 1.93. The Kier molecular flexibility index (Phi) is 5.96. The molecule has 0 fully saturated rings. The third-order valence-corrected chi connectivity index (χ3v) is 6.25. The predicted octanol–water partition coefficient (Wildman–Crippen LogP) is 3.85. The second kappa shape index (κ2) is 8.01. The van der Waals surface area contributed by atoms with E-state index in [1.54, 1.807) is 11.0 Å². The summed E-state index contributed by atoms with van der Waals surface area (Å²) < 4.78 is 1.98. The molecule has 0 unspecified atom stereocenters. The molecule has 3 aromatic rings. The summed E-state index contributed by atoms with van der Waals surface area (Å²) in [4.78, 5) is 20.8. The number of hydrogen-bond donors (Lipinski definition) is 1. The van der Waals surface area contributed by atoms with Gasteiger partial charge in [-0.1, -0.05) is 46.7 Å². The van der Waals surface area contributed by atoms with E-state index < -0.39 is 0 Å². The van der Waals surface area contributed by atoms with Gasteiger partial charge in [-0.25, -0.2) is 4.98 Å². The van der Waals surface area contributed by atoms with Crippen LogP contribution in [0.5, 0.6) is 0 Å². The zero-order valence-corrected chi connectivity index (χ0v) is 17.0. The van der Waals surface area contributed by atoms with Crippen molar-refractivity contribution >= 4 is 67.1 Å². The first kappa shape index (κ1) is 18.6. The van der Waals surface area contributed by atoms with E-state index in [1.807, 2.05) is 24.3 Å². The van der Waals surface area contributed by atoms with Crippen LogP contribution in [0.25, 0.3) is 10.2 Å². The SMILES string of the molecule is C[NH+](C)CCCN(C(=O)c1cc(Cl)sc1Cl)c1nc2ccccc2s1. The first-order chi connectivity index (χ1) is 12.0. The molecule has 0 aliphatic rings. The van der Waals surface area contributed by atoms with Gasteiger partial charge in [-0.2, -0.15) is 0 Å². The number of benzene rings is 1. The summed E-state index contributed by atoms with van der Waals surface area (Å²) in [6, 6.07) is 9.52. The van der Waals surface area contributed by atoms with Crippen molar-refractivity contribution in [1.29, 1.82) is 0 Å². The smallest absolute Gasteiger partial charge is 0.262 e. The van der Waals surface area contributed by atoms with Crippen LogP contribution in [-0.4, -0.2) is 38.1 Å². The van der Waals surface area contributed by atoms with Gasteiger partial charge in [0.15, 0.2) is 5.13 Å². The van der Waals surface area contributed by atoms with Crippen LogP contribution >= 0.6 is 45.9 Å². The highest BCUT2D eigenvalue weighted by Crippen LogP contribution is 2.34. The lowest BCUT2D eigenvalue weighted by atomic mass is 10.3. The number of halogens is 2. The van der Waals surface area contributed by atoms with Gasteiger partial charge in [-0.05, 0) is 18.2 Å². The fourth-order valence-electron chi connectivity index (χ4n) is 2.48. The zero-order valence-electron chi connectivity index (χ0n) is 13.9. The first-order valence-corrected chi connectivity index (χ1v) is 10.3. The average molecular weight is 415 g/mol. The van der Waals surface area contributed by atoms with E-state index >= 15 is 0 Å². The van der Waals surface area contributed by atoms with Crippen molar-refractivity contribution in [2.45, 2.75) is 6.42 Å². The van der Waals surface area contributed by atoms with E-state index in [-0.39, 0.29) is 5.91 Å². The standard InChI is InChI=1S/C17H17Cl2N3OS2/c1-21(2)8-5-9-22(16(23)11-10-14(18)25-15(11)19)17-20-12-6-3-4-7-13(12)24-17/h3-4,6-7,10H,5,8-9H2,1-2H3/p+1. The molecule has 1 amide bonds. The summed E-state index contributed by atoms with van der Waals surface area (Å²) in [6.07, 6.45) is 0.874. The minimum absolute atomic E-state index is 0.152. The van der Waals surface area contributed by atoms with Crippen LogP contribution in [0.4, 0.5) is 5.13 Å². The van der Waals surface area contributed by atoms with Gasteiger partial charge in [0, 0.05) is 13.0 Å². The highest BCUT2D eigenvalue weighted by molar-refractivity contribution is 7.22. The summed E-state index contributed by atoms with van der Waals surface area (Å²) in [5.41, 5.74) is 1.33. The number of carbonyl (C=O) groups is 1. The fourth-order valence-corrected chi connectivity index (χ4v) is 4.92. The number of quaternary nitrogens is 1. The number of amides is 1. The molecule has 2 aromatic heterocycles. The normalized spacial score (nSPS) is 11.4. The van der Waals surface area contributed by atoms with Crippen LogP contribution in [-0.2, 0) is 0 Å². The molecule has 0 saturated carbocycles. The quantitative estimate of drug-likeness (QED) is 0.664. The van der Waals surface area contributed by atoms with E-state index in [2.05, 4.69) is 19.1 Å². The summed E-state index contributed by atoms with van der Waals surface area (Å²) >= 11 is 14.9. The van der Waals surface area contributed by atoms with E-state index in [1.165, 1.54) is 27.6 Å². The zero-order chi connectivity index (χ0) is 18.0. The number of nitrogens with one attached hydrogen (secondary N) is 1. The minimum atomic E-state index is -0.152. The van der Waals surface area contributed by atoms with Gasteiger partial charge in [-0.15, -0.1) is 11.3 Å². The molecule has 1 N–H and O–H groups in total. The molecule has 25 heavy (non-hydrogen) atoms. The van der Waals surface area contributed by atoms with E-state index in [9.17, 15) is 4.79 Å². The van der Waals surface area contributed by atoms with E-state index in [0.29, 0.717) is 25.9 Å². The van der Waals surface area contributed by atoms with Crippen molar-refractivity contribution in [2.24, 2.45) is 0 Å². The maximum Gasteiger partial charge on any atom is 0.262 e. The Morgan fingerprint density at radius 2 is 2.00 bits per heavy atom. The molecule has 8 heteroatoms. The van der Waals surface area contributed by atoms with Gasteiger partial charge in [0.25, 0.3) is 5.91 Å². The predicted molar refractivity (Wildman–Crippen MR) is 108 cm³/mol. The van der Waals surface area contributed by atoms with Gasteiger partial charge in [-0.3, -0.25) is 9.69 Å². The number of thiazole rings is 1. The third kappa shape index (κ3) is 4.33. The molecule has 1 aromatic carbocycles. The Hall–Kier alpha value is -1.18. The molecule has 0 spiro atoms. The molecule has 4 nitrogen and oxygen atoms in total. The molecule has 2 heterocycles. The topological polar surface area (TPSA) is 37.6 Å². The van der Waals surface area contributed by atoms with Crippen LogP contribution in [0.3, 0.4) is 0 Å². The molecule has 132 valence electrons. The Morgan fingerprint density at radius 3 is 2.64 bits per heavy atom. The van der Waals surface area contributed by atoms with Crippen molar-refractivity contribution in [2.75, 3.05) is 32.1 Å². The molecular weight excluding hydrogens is 397 g/mol. The molecule has 0 aliphatic heterocycles. The van der Waals surface area contributed by atoms with Crippen LogP contribution in [0.2, 0.25) is 8.67 Å². The van der Waals surface area contributed by atoms with Crippen LogP contribution in [0.1, 0.15) is 16.8 Å². The van der Waals surface area contributed by atoms with Crippen molar-refractivity contribution in [3.8, 4) is 0 Å². The second-order valence-corrected chi connectivity index (χ2v) is 9.26. The Labute approximate surface area is 164 Å². The number of thiophene rings is 1. The monoisotopic (exact) mass is 414 g/mol. The number of fused-ring (bicyclic) bond motifs is 1. The third-order valence-electron chi connectivity index (χ3n) is 3.70. The average Bonchev–Trinajstić information content (AvgIpc) is 3.13. The van der Waals surface area contributed by atoms with Crippen molar-refractivity contribution in [3.05, 3.63) is 44.6 Å². The van der Waals surface area contributed by atoms with Crippen molar-refractivity contribution in [1.82, 2.24) is 4.98 Å². The summed E-state index contributed by atoms with van der Waals surface area (Å²) in [7, 11) is 4.19. The van der Waals surface area contributed by atoms with E-state index in [0.717, 1.165) is 23.2 Å². The van der Waals surface area contributed by atoms with Gasteiger partial charge in [0.05, 0.1) is 40.8 Å². The lowest BCUT2D eigenvalue weighted by Crippen LogP contribution is -3.05. The highest BCUT2D eigenvalue weighted by atomic mass is 35.5. The molecule has 0 saturated heterocycles. The maximum atomic E-state index is 13.1. The number of para-hydroxylation sites is 1. The molecule has 0 aliphatic carbocycles. The van der Waals surface area contributed by atoms with Crippen LogP contribution < -0.4 is 9.80 Å². The van der Waals surface area contributed by atoms with Crippen molar-refractivity contribution in [3.63, 3.8) is 0 Å². The maximum absolute atomic E-state index is 13.1. The number of hydrogen-bond acceptors (Lipinski definition) is 4. The number of aromatic nitrogens is 1. The summed E-state index contributed by atoms with van der Waals surface area (Å²) in [5, 5.41) is 0.693. The molecule has 3 rings (SSSR count). The number of nitrogens with zero attached hydrogens (tertiary/aromatic N) is 2. The highest BCUT2D eigenvalue weighted by Gasteiger charge is 2.24. The minimum Gasteiger partial charge on any atom is -0.340 e. The van der Waals surface area contributed by atoms with Crippen molar-refractivity contribution < 1.29 is 9.69 Å². The second-order valence-electron chi connectivity index (χ2n) is 5.97. The molecule has 0 atom stereocenters. The summed E-state index contributed by atoms with van der Waals surface area (Å²) in [6.45, 7) is 1.56. The largest absolute Gasteiger partial charge is 0.340 e. The molecular formula is C17H18Cl2N3OS2+. The van der Waals surface area contributed by atoms with Gasteiger partial charge in [0.2, 0.25) is 0 Å². The Morgan fingerprint density at radius 1 is 1.24 bits per heavy atom. The van der Waals surface area contributed by atoms with E-state index in [4.69, 9.17) is 23.2 Å². The fraction of sp³-hybridized carbons (Fsp3) is 0.294. The molecule has 0 bridgehead atoms. The lowest BCUT2D eigenvalue weighted by molar-refractivity contribution is -0.858. The number of anilines is 1. The molecule has 0 radical (unpaired) electrons. The van der Waals surface area contributed by atoms with Gasteiger partial charge >= 0.3 is 0 Å². The van der Waals surface area contributed by atoms with Gasteiger partial charge in [0.1, 0.15) is 4.34 Å².